The molecule has 2 heterocycles. The van der Waals surface area contributed by atoms with Crippen LogP contribution < -0.4 is 15.0 Å². The van der Waals surface area contributed by atoms with Gasteiger partial charge in [-0.25, -0.2) is 13.4 Å². The highest BCUT2D eigenvalue weighted by atomic mass is 32.2. The van der Waals surface area contributed by atoms with E-state index >= 15 is 0 Å². The van der Waals surface area contributed by atoms with Crippen molar-refractivity contribution >= 4 is 27.5 Å². The Morgan fingerprint density at radius 3 is 2.09 bits per heavy atom. The molecule has 0 unspecified atom stereocenters. The van der Waals surface area contributed by atoms with E-state index in [-0.39, 0.29) is 0 Å². The van der Waals surface area contributed by atoms with E-state index in [1.807, 2.05) is 75.1 Å². The number of anilines is 3. The number of piperazine rings is 1. The van der Waals surface area contributed by atoms with E-state index in [0.29, 0.717) is 42.8 Å². The Hall–Kier alpha value is -3.17. The molecule has 1 fully saturated rings. The number of nitrogens with one attached hydrogen (secondary N) is 1. The summed E-state index contributed by atoms with van der Waals surface area (Å²) < 4.78 is 33.6. The van der Waals surface area contributed by atoms with Crippen molar-refractivity contribution in [3.63, 3.8) is 0 Å². The van der Waals surface area contributed by atoms with Gasteiger partial charge in [0.2, 0.25) is 16.0 Å². The van der Waals surface area contributed by atoms with Crippen LogP contribution in [0.3, 0.4) is 0 Å². The number of benzene rings is 2. The maximum atomic E-state index is 13.4. The van der Waals surface area contributed by atoms with Crippen LogP contribution in [0, 0.1) is 27.7 Å². The molecule has 1 aliphatic heterocycles. The second kappa shape index (κ2) is 9.60. The van der Waals surface area contributed by atoms with Crippen molar-refractivity contribution in [2.75, 3.05) is 43.5 Å². The van der Waals surface area contributed by atoms with E-state index in [4.69, 9.17) is 4.74 Å². The van der Waals surface area contributed by atoms with Crippen LogP contribution in [0.15, 0.2) is 47.4 Å². The van der Waals surface area contributed by atoms with Crippen LogP contribution in [0.1, 0.15) is 22.4 Å². The molecule has 1 aliphatic rings. The number of ether oxygens (including phenoxy) is 1. The Bertz CT molecular complexity index is 1260. The van der Waals surface area contributed by atoms with Gasteiger partial charge in [-0.15, -0.1) is 0 Å². The van der Waals surface area contributed by atoms with E-state index in [0.717, 1.165) is 33.8 Å². The highest BCUT2D eigenvalue weighted by molar-refractivity contribution is 7.89. The van der Waals surface area contributed by atoms with Gasteiger partial charge in [0.15, 0.2) is 0 Å². The van der Waals surface area contributed by atoms with Gasteiger partial charge in [0.1, 0.15) is 11.6 Å². The number of hydrogen-bond acceptors (Lipinski definition) is 7. The summed E-state index contributed by atoms with van der Waals surface area (Å²) in [7, 11) is -1.93. The summed E-state index contributed by atoms with van der Waals surface area (Å²) in [5.74, 6) is 2.07. The third kappa shape index (κ3) is 5.00. The highest BCUT2D eigenvalue weighted by Gasteiger charge is 2.31. The predicted octanol–water partition coefficient (Wildman–Crippen LogP) is 3.97. The molecule has 0 spiro atoms. The molecule has 1 aromatic heterocycles. The minimum atomic E-state index is -3.57. The van der Waals surface area contributed by atoms with Gasteiger partial charge < -0.3 is 15.0 Å². The standard InChI is InChI=1S/C25H31N5O3S/c1-17-14-18(2)24(19(3)15-17)34(31,32)30-12-10-29(11-13-30)25-26-20(4)16-23(28-25)27-21-6-8-22(33-5)9-7-21/h6-9,14-16H,10-13H2,1-5H3,(H,26,27,28). The Morgan fingerprint density at radius 1 is 0.882 bits per heavy atom. The number of methoxy groups -OCH3 is 1. The molecule has 0 amide bonds. The van der Waals surface area contributed by atoms with E-state index < -0.39 is 10.0 Å². The minimum absolute atomic E-state index is 0.383. The lowest BCUT2D eigenvalue weighted by molar-refractivity contribution is 0.382. The van der Waals surface area contributed by atoms with Gasteiger partial charge in [-0.05, 0) is 63.1 Å². The maximum absolute atomic E-state index is 13.4. The molecular formula is C25H31N5O3S. The molecule has 2 aromatic carbocycles. The van der Waals surface area contributed by atoms with E-state index in [1.54, 1.807) is 11.4 Å². The molecule has 0 bridgehead atoms. The molecule has 0 aliphatic carbocycles. The Balaban J connectivity index is 1.49. The molecule has 1 saturated heterocycles. The second-order valence-electron chi connectivity index (χ2n) is 8.67. The smallest absolute Gasteiger partial charge is 0.243 e. The number of aryl methyl sites for hydroxylation is 4. The summed E-state index contributed by atoms with van der Waals surface area (Å²) in [6.07, 6.45) is 0. The minimum Gasteiger partial charge on any atom is -0.497 e. The van der Waals surface area contributed by atoms with Gasteiger partial charge >= 0.3 is 0 Å². The zero-order valence-electron chi connectivity index (χ0n) is 20.3. The van der Waals surface area contributed by atoms with Gasteiger partial charge in [0.25, 0.3) is 0 Å². The number of rotatable bonds is 6. The average molecular weight is 482 g/mol. The van der Waals surface area contributed by atoms with Crippen molar-refractivity contribution in [2.45, 2.75) is 32.6 Å². The summed E-state index contributed by atoms with van der Waals surface area (Å²) >= 11 is 0. The fraction of sp³-hybridized carbons (Fsp3) is 0.360. The van der Waals surface area contributed by atoms with Crippen LogP contribution in [0.4, 0.5) is 17.5 Å². The van der Waals surface area contributed by atoms with Crippen molar-refractivity contribution in [2.24, 2.45) is 0 Å². The van der Waals surface area contributed by atoms with Crippen molar-refractivity contribution in [3.05, 3.63) is 64.8 Å². The van der Waals surface area contributed by atoms with Crippen molar-refractivity contribution in [3.8, 4) is 5.75 Å². The molecular weight excluding hydrogens is 450 g/mol. The van der Waals surface area contributed by atoms with Crippen LogP contribution in [0.25, 0.3) is 0 Å². The summed E-state index contributed by atoms with van der Waals surface area (Å²) in [5.41, 5.74) is 4.37. The molecule has 8 nitrogen and oxygen atoms in total. The van der Waals surface area contributed by atoms with Crippen molar-refractivity contribution in [1.29, 1.82) is 0 Å². The Labute approximate surface area is 201 Å². The molecule has 180 valence electrons. The fourth-order valence-corrected chi connectivity index (χ4v) is 6.25. The van der Waals surface area contributed by atoms with E-state index in [1.165, 1.54) is 0 Å². The molecule has 3 aromatic rings. The second-order valence-corrected chi connectivity index (χ2v) is 10.5. The molecule has 9 heteroatoms. The van der Waals surface area contributed by atoms with Crippen LogP contribution in [0.5, 0.6) is 5.75 Å². The average Bonchev–Trinajstić information content (AvgIpc) is 2.78. The van der Waals surface area contributed by atoms with Gasteiger partial charge in [-0.3, -0.25) is 0 Å². The molecule has 34 heavy (non-hydrogen) atoms. The number of sulfonamides is 1. The first kappa shape index (κ1) is 24.0. The van der Waals surface area contributed by atoms with Gasteiger partial charge in [0, 0.05) is 43.6 Å². The van der Waals surface area contributed by atoms with Crippen molar-refractivity contribution in [1.82, 2.24) is 14.3 Å². The Kier molecular flexibility index (Phi) is 6.77. The molecule has 1 N–H and O–H groups in total. The SMILES string of the molecule is COc1ccc(Nc2cc(C)nc(N3CCN(S(=O)(=O)c4c(C)cc(C)cc4C)CC3)n2)cc1. The number of aromatic nitrogens is 2. The zero-order chi connectivity index (χ0) is 24.5. The van der Waals surface area contributed by atoms with Crippen LogP contribution in [-0.2, 0) is 10.0 Å². The van der Waals surface area contributed by atoms with Crippen LogP contribution in [0.2, 0.25) is 0 Å². The first-order chi connectivity index (χ1) is 16.2. The largest absolute Gasteiger partial charge is 0.497 e. The van der Waals surface area contributed by atoms with E-state index in [9.17, 15) is 8.42 Å². The molecule has 0 atom stereocenters. The van der Waals surface area contributed by atoms with Gasteiger partial charge in [-0.2, -0.15) is 9.29 Å². The van der Waals surface area contributed by atoms with E-state index in [2.05, 4.69) is 15.3 Å². The van der Waals surface area contributed by atoms with Gasteiger partial charge in [0.05, 0.1) is 12.0 Å². The third-order valence-corrected chi connectivity index (χ3v) is 8.13. The summed E-state index contributed by atoms with van der Waals surface area (Å²) in [4.78, 5) is 11.7. The molecule has 0 saturated carbocycles. The third-order valence-electron chi connectivity index (χ3n) is 5.93. The number of hydrogen-bond donors (Lipinski definition) is 1. The fourth-order valence-electron chi connectivity index (χ4n) is 4.41. The lowest BCUT2D eigenvalue weighted by atomic mass is 10.1. The summed E-state index contributed by atoms with van der Waals surface area (Å²) in [6.45, 7) is 9.44. The summed E-state index contributed by atoms with van der Waals surface area (Å²) in [6, 6.07) is 13.4. The molecule has 0 radical (unpaired) electrons. The first-order valence-corrected chi connectivity index (χ1v) is 12.7. The van der Waals surface area contributed by atoms with Crippen LogP contribution >= 0.6 is 0 Å². The lowest BCUT2D eigenvalue weighted by Gasteiger charge is -2.34. The lowest BCUT2D eigenvalue weighted by Crippen LogP contribution is -2.49. The number of nitrogens with zero attached hydrogens (tertiary/aromatic N) is 4. The highest BCUT2D eigenvalue weighted by Crippen LogP contribution is 2.27. The molecule has 4 rings (SSSR count). The van der Waals surface area contributed by atoms with Crippen LogP contribution in [-0.4, -0.2) is 56.0 Å². The topological polar surface area (TPSA) is 87.7 Å². The normalized spacial score (nSPS) is 14.8. The van der Waals surface area contributed by atoms with Gasteiger partial charge in [-0.1, -0.05) is 17.7 Å². The monoisotopic (exact) mass is 481 g/mol. The summed E-state index contributed by atoms with van der Waals surface area (Å²) in [5, 5.41) is 3.31. The predicted molar refractivity (Wildman–Crippen MR) is 135 cm³/mol. The maximum Gasteiger partial charge on any atom is 0.243 e. The quantitative estimate of drug-likeness (QED) is 0.570. The first-order valence-electron chi connectivity index (χ1n) is 11.3. The van der Waals surface area contributed by atoms with Crippen molar-refractivity contribution < 1.29 is 13.2 Å². The Morgan fingerprint density at radius 2 is 1.50 bits per heavy atom. The zero-order valence-corrected chi connectivity index (χ0v) is 21.1.